The summed E-state index contributed by atoms with van der Waals surface area (Å²) in [4.78, 5) is 12.0. The van der Waals surface area contributed by atoms with E-state index in [0.717, 1.165) is 0 Å². The Morgan fingerprint density at radius 3 is 3.00 bits per heavy atom. The van der Waals surface area contributed by atoms with E-state index in [1.807, 2.05) is 18.4 Å². The molecule has 0 aliphatic heterocycles. The number of nitrogens with two attached hydrogens (primary N) is 1. The maximum absolute atomic E-state index is 12.0. The molecule has 0 unspecified atom stereocenters. The molecule has 8 nitrogen and oxygen atoms in total. The van der Waals surface area contributed by atoms with Crippen LogP contribution in [0.4, 0.5) is 5.69 Å². The number of H-pyrrole nitrogens is 1. The van der Waals surface area contributed by atoms with Gasteiger partial charge >= 0.3 is 0 Å². The van der Waals surface area contributed by atoms with Crippen LogP contribution in [-0.4, -0.2) is 31.1 Å². The standard InChI is InChI=1S/C10H15N7O/c1-6(2)17-5-7(11)3-8(17)10(18)12-4-9-13-15-16-14-9/h3,5-6H,4,11H2,1-2H3,(H,12,18)(H,13,14,15,16). The minimum Gasteiger partial charge on any atom is -0.397 e. The highest BCUT2D eigenvalue weighted by Crippen LogP contribution is 2.16. The van der Waals surface area contributed by atoms with Crippen molar-refractivity contribution in [3.63, 3.8) is 0 Å². The zero-order chi connectivity index (χ0) is 13.1. The van der Waals surface area contributed by atoms with E-state index in [9.17, 15) is 4.79 Å². The quantitative estimate of drug-likeness (QED) is 0.710. The Labute approximate surface area is 104 Å². The van der Waals surface area contributed by atoms with Crippen LogP contribution >= 0.6 is 0 Å². The van der Waals surface area contributed by atoms with Crippen molar-refractivity contribution in [1.82, 2.24) is 30.5 Å². The van der Waals surface area contributed by atoms with Crippen molar-refractivity contribution in [1.29, 1.82) is 0 Å². The lowest BCUT2D eigenvalue weighted by molar-refractivity contribution is 0.0939. The molecule has 8 heteroatoms. The number of carbonyl (C=O) groups is 1. The fourth-order valence-corrected chi connectivity index (χ4v) is 1.62. The number of amides is 1. The SMILES string of the molecule is CC(C)n1cc(N)cc1C(=O)NCc1nn[nH]n1. The van der Waals surface area contributed by atoms with Gasteiger partial charge in [0.15, 0.2) is 5.82 Å². The van der Waals surface area contributed by atoms with Gasteiger partial charge < -0.3 is 15.6 Å². The normalized spacial score (nSPS) is 10.8. The van der Waals surface area contributed by atoms with Crippen molar-refractivity contribution in [3.05, 3.63) is 23.8 Å². The molecule has 2 heterocycles. The molecule has 96 valence electrons. The Balaban J connectivity index is 2.09. The van der Waals surface area contributed by atoms with Crippen LogP contribution in [0.15, 0.2) is 12.3 Å². The van der Waals surface area contributed by atoms with E-state index in [2.05, 4.69) is 25.9 Å². The van der Waals surface area contributed by atoms with Crippen LogP contribution in [-0.2, 0) is 6.54 Å². The lowest BCUT2D eigenvalue weighted by atomic mass is 10.3. The van der Waals surface area contributed by atoms with E-state index in [1.54, 1.807) is 12.3 Å². The van der Waals surface area contributed by atoms with Gasteiger partial charge in [0.2, 0.25) is 0 Å². The predicted molar refractivity (Wildman–Crippen MR) is 64.6 cm³/mol. The van der Waals surface area contributed by atoms with Crippen LogP contribution in [0.25, 0.3) is 0 Å². The molecular formula is C10H15N7O. The van der Waals surface area contributed by atoms with Crippen LogP contribution < -0.4 is 11.1 Å². The summed E-state index contributed by atoms with van der Waals surface area (Å²) in [6, 6.07) is 1.80. The zero-order valence-electron chi connectivity index (χ0n) is 10.2. The fraction of sp³-hybridized carbons (Fsp3) is 0.400. The molecule has 0 fully saturated rings. The average Bonchev–Trinajstić information content (AvgIpc) is 2.94. The number of aromatic nitrogens is 5. The first kappa shape index (κ1) is 12.1. The largest absolute Gasteiger partial charge is 0.397 e. The molecule has 4 N–H and O–H groups in total. The third-order valence-electron chi connectivity index (χ3n) is 2.45. The Kier molecular flexibility index (Phi) is 3.26. The molecule has 2 aromatic rings. The van der Waals surface area contributed by atoms with Gasteiger partial charge in [0.1, 0.15) is 5.69 Å². The number of nitrogens with one attached hydrogen (secondary N) is 2. The van der Waals surface area contributed by atoms with Crippen LogP contribution in [0.3, 0.4) is 0 Å². The molecule has 0 spiro atoms. The van der Waals surface area contributed by atoms with Crippen molar-refractivity contribution in [2.24, 2.45) is 0 Å². The number of hydrogen-bond acceptors (Lipinski definition) is 5. The highest BCUT2D eigenvalue weighted by atomic mass is 16.1. The molecule has 0 aromatic carbocycles. The molecule has 0 saturated carbocycles. The highest BCUT2D eigenvalue weighted by Gasteiger charge is 2.14. The monoisotopic (exact) mass is 249 g/mol. The van der Waals surface area contributed by atoms with Gasteiger partial charge in [0.05, 0.1) is 12.2 Å². The number of aromatic amines is 1. The van der Waals surface area contributed by atoms with Gasteiger partial charge in [-0.25, -0.2) is 0 Å². The molecule has 0 saturated heterocycles. The molecule has 18 heavy (non-hydrogen) atoms. The summed E-state index contributed by atoms with van der Waals surface area (Å²) in [6.45, 7) is 4.18. The molecule has 0 atom stereocenters. The lowest BCUT2D eigenvalue weighted by Gasteiger charge is -2.11. The number of nitrogen functional groups attached to an aromatic ring is 1. The molecule has 0 aliphatic carbocycles. The van der Waals surface area contributed by atoms with Gasteiger partial charge in [-0.1, -0.05) is 5.21 Å². The number of carbonyl (C=O) groups excluding carboxylic acids is 1. The molecular weight excluding hydrogens is 234 g/mol. The zero-order valence-corrected chi connectivity index (χ0v) is 10.2. The maximum Gasteiger partial charge on any atom is 0.268 e. The maximum atomic E-state index is 12.0. The fourth-order valence-electron chi connectivity index (χ4n) is 1.62. The minimum atomic E-state index is -0.217. The van der Waals surface area contributed by atoms with Gasteiger partial charge in [-0.3, -0.25) is 4.79 Å². The summed E-state index contributed by atoms with van der Waals surface area (Å²) >= 11 is 0. The third kappa shape index (κ3) is 2.47. The molecule has 2 rings (SSSR count). The smallest absolute Gasteiger partial charge is 0.268 e. The average molecular weight is 249 g/mol. The van der Waals surface area contributed by atoms with Gasteiger partial charge in [0, 0.05) is 12.2 Å². The van der Waals surface area contributed by atoms with E-state index >= 15 is 0 Å². The Bertz CT molecular complexity index is 528. The summed E-state index contributed by atoms with van der Waals surface area (Å²) in [7, 11) is 0. The third-order valence-corrected chi connectivity index (χ3v) is 2.45. The topological polar surface area (TPSA) is 115 Å². The summed E-state index contributed by atoms with van der Waals surface area (Å²) in [5.41, 5.74) is 6.79. The first-order valence-corrected chi connectivity index (χ1v) is 5.56. The van der Waals surface area contributed by atoms with Gasteiger partial charge in [-0.05, 0) is 19.9 Å². The molecule has 0 radical (unpaired) electrons. The summed E-state index contributed by atoms with van der Waals surface area (Å²) in [6.07, 6.45) is 1.74. The molecule has 0 bridgehead atoms. The van der Waals surface area contributed by atoms with Crippen molar-refractivity contribution < 1.29 is 4.79 Å². The predicted octanol–water partition coefficient (Wildman–Crippen LogP) is 0.0943. The number of nitrogens with zero attached hydrogens (tertiary/aromatic N) is 4. The van der Waals surface area contributed by atoms with E-state index in [1.165, 1.54) is 0 Å². The number of rotatable bonds is 4. The van der Waals surface area contributed by atoms with E-state index in [0.29, 0.717) is 17.2 Å². The van der Waals surface area contributed by atoms with Crippen LogP contribution in [0.1, 0.15) is 36.2 Å². The van der Waals surface area contributed by atoms with E-state index in [4.69, 9.17) is 5.73 Å². The van der Waals surface area contributed by atoms with Gasteiger partial charge in [-0.2, -0.15) is 5.21 Å². The number of anilines is 1. The van der Waals surface area contributed by atoms with Crippen LogP contribution in [0.5, 0.6) is 0 Å². The van der Waals surface area contributed by atoms with Crippen molar-refractivity contribution >= 4 is 11.6 Å². The Morgan fingerprint density at radius 1 is 1.61 bits per heavy atom. The molecule has 0 aliphatic rings. The van der Waals surface area contributed by atoms with Crippen molar-refractivity contribution in [3.8, 4) is 0 Å². The lowest BCUT2D eigenvalue weighted by Crippen LogP contribution is -2.26. The second-order valence-electron chi connectivity index (χ2n) is 4.17. The minimum absolute atomic E-state index is 0.160. The van der Waals surface area contributed by atoms with E-state index in [-0.39, 0.29) is 18.5 Å². The highest BCUT2D eigenvalue weighted by molar-refractivity contribution is 5.93. The van der Waals surface area contributed by atoms with Crippen LogP contribution in [0, 0.1) is 0 Å². The van der Waals surface area contributed by atoms with Gasteiger partial charge in [-0.15, -0.1) is 10.2 Å². The van der Waals surface area contributed by atoms with Crippen molar-refractivity contribution in [2.45, 2.75) is 26.4 Å². The number of hydrogen-bond donors (Lipinski definition) is 3. The first-order chi connectivity index (χ1) is 8.58. The summed E-state index contributed by atoms with van der Waals surface area (Å²) < 4.78 is 1.82. The van der Waals surface area contributed by atoms with Crippen molar-refractivity contribution in [2.75, 3.05) is 5.73 Å². The summed E-state index contributed by atoms with van der Waals surface area (Å²) in [5, 5.41) is 15.9. The first-order valence-electron chi connectivity index (χ1n) is 5.56. The molecule has 2 aromatic heterocycles. The summed E-state index contributed by atoms with van der Waals surface area (Å²) in [5.74, 6) is 0.212. The van der Waals surface area contributed by atoms with Crippen LogP contribution in [0.2, 0.25) is 0 Å². The Hall–Kier alpha value is -2.38. The van der Waals surface area contributed by atoms with Gasteiger partial charge in [0.25, 0.3) is 5.91 Å². The number of tetrazole rings is 1. The second-order valence-corrected chi connectivity index (χ2v) is 4.17. The molecule has 1 amide bonds. The van der Waals surface area contributed by atoms with E-state index < -0.39 is 0 Å². The Morgan fingerprint density at radius 2 is 2.39 bits per heavy atom. The second kappa shape index (κ2) is 4.86.